The van der Waals surface area contributed by atoms with Crippen molar-refractivity contribution in [3.63, 3.8) is 0 Å². The number of alkyl halides is 3. The van der Waals surface area contributed by atoms with Gasteiger partial charge >= 0.3 is 6.18 Å². The van der Waals surface area contributed by atoms with Crippen molar-refractivity contribution in [3.05, 3.63) is 29.6 Å². The number of nitrogens with two attached hydrogens (primary N) is 1. The van der Waals surface area contributed by atoms with Gasteiger partial charge in [-0.25, -0.2) is 0 Å². The van der Waals surface area contributed by atoms with Crippen LogP contribution in [0.4, 0.5) is 13.2 Å². The Balaban J connectivity index is 3.23. The van der Waals surface area contributed by atoms with Gasteiger partial charge in [0.25, 0.3) is 0 Å². The van der Waals surface area contributed by atoms with Gasteiger partial charge in [-0.3, -0.25) is 4.98 Å². The van der Waals surface area contributed by atoms with E-state index in [0.29, 0.717) is 5.69 Å². The van der Waals surface area contributed by atoms with E-state index < -0.39 is 18.3 Å². The summed E-state index contributed by atoms with van der Waals surface area (Å²) >= 11 is 0. The van der Waals surface area contributed by atoms with Gasteiger partial charge in [-0.2, -0.15) is 13.2 Å². The SMILES string of the molecule is Cc1cc(C(O)(CN)C(F)(F)F)ccn1. The molecule has 0 saturated carbocycles. The zero-order valence-electron chi connectivity index (χ0n) is 8.04. The Morgan fingerprint density at radius 3 is 2.47 bits per heavy atom. The number of aryl methyl sites for hydroxylation is 1. The monoisotopic (exact) mass is 220 g/mol. The fourth-order valence-electron chi connectivity index (χ4n) is 1.20. The second-order valence-corrected chi connectivity index (χ2v) is 3.25. The Kier molecular flexibility index (Phi) is 3.01. The van der Waals surface area contributed by atoms with Crippen LogP contribution < -0.4 is 5.73 Å². The predicted octanol–water partition coefficient (Wildman–Crippen LogP) is 1.10. The number of rotatable bonds is 2. The third-order valence-electron chi connectivity index (χ3n) is 2.14. The van der Waals surface area contributed by atoms with Gasteiger partial charge in [0, 0.05) is 18.4 Å². The Labute approximate surface area is 84.7 Å². The lowest BCUT2D eigenvalue weighted by Crippen LogP contribution is -2.48. The van der Waals surface area contributed by atoms with Gasteiger partial charge in [-0.05, 0) is 24.6 Å². The highest BCUT2D eigenvalue weighted by molar-refractivity contribution is 5.25. The summed E-state index contributed by atoms with van der Waals surface area (Å²) in [7, 11) is 0. The van der Waals surface area contributed by atoms with Crippen LogP contribution in [0.5, 0.6) is 0 Å². The summed E-state index contributed by atoms with van der Waals surface area (Å²) in [5.74, 6) is 0. The molecule has 0 radical (unpaired) electrons. The summed E-state index contributed by atoms with van der Waals surface area (Å²) < 4.78 is 37.7. The van der Waals surface area contributed by atoms with Crippen LogP contribution in [0.3, 0.4) is 0 Å². The first-order chi connectivity index (χ1) is 6.81. The average molecular weight is 220 g/mol. The van der Waals surface area contributed by atoms with Gasteiger partial charge in [-0.15, -0.1) is 0 Å². The van der Waals surface area contributed by atoms with E-state index in [1.807, 2.05) is 0 Å². The van der Waals surface area contributed by atoms with Crippen LogP contribution >= 0.6 is 0 Å². The molecule has 0 aliphatic heterocycles. The molecule has 1 rings (SSSR count). The van der Waals surface area contributed by atoms with E-state index in [2.05, 4.69) is 4.98 Å². The van der Waals surface area contributed by atoms with Crippen LogP contribution in [0.2, 0.25) is 0 Å². The quantitative estimate of drug-likeness (QED) is 0.784. The molecular formula is C9H11F3N2O. The molecular weight excluding hydrogens is 209 g/mol. The topological polar surface area (TPSA) is 59.1 Å². The maximum Gasteiger partial charge on any atom is 0.422 e. The predicted molar refractivity (Wildman–Crippen MR) is 48.0 cm³/mol. The average Bonchev–Trinajstić information content (AvgIpc) is 2.14. The third kappa shape index (κ3) is 2.10. The molecule has 3 nitrogen and oxygen atoms in total. The number of aliphatic hydroxyl groups is 1. The lowest BCUT2D eigenvalue weighted by Gasteiger charge is -2.29. The van der Waals surface area contributed by atoms with E-state index in [1.54, 1.807) is 0 Å². The molecule has 84 valence electrons. The van der Waals surface area contributed by atoms with E-state index >= 15 is 0 Å². The molecule has 0 aliphatic rings. The Hall–Kier alpha value is -1.14. The van der Waals surface area contributed by atoms with Crippen LogP contribution in [0.25, 0.3) is 0 Å². The van der Waals surface area contributed by atoms with Crippen molar-refractivity contribution in [1.29, 1.82) is 0 Å². The Morgan fingerprint density at radius 1 is 1.47 bits per heavy atom. The molecule has 0 spiro atoms. The standard InChI is InChI=1S/C9H11F3N2O/c1-6-4-7(2-3-14-6)8(15,5-13)9(10,11)12/h2-4,15H,5,13H2,1H3. The van der Waals surface area contributed by atoms with Crippen LogP contribution in [0.15, 0.2) is 18.3 Å². The maximum absolute atomic E-state index is 12.6. The number of halogens is 3. The molecule has 3 N–H and O–H groups in total. The van der Waals surface area contributed by atoms with Crippen LogP contribution in [0.1, 0.15) is 11.3 Å². The van der Waals surface area contributed by atoms with Crippen molar-refractivity contribution in [1.82, 2.24) is 4.98 Å². The van der Waals surface area contributed by atoms with Gasteiger partial charge in [-0.1, -0.05) is 0 Å². The van der Waals surface area contributed by atoms with Crippen molar-refractivity contribution in [2.24, 2.45) is 5.73 Å². The largest absolute Gasteiger partial charge is 0.422 e. The van der Waals surface area contributed by atoms with Crippen molar-refractivity contribution in [2.75, 3.05) is 6.54 Å². The van der Waals surface area contributed by atoms with Crippen molar-refractivity contribution in [3.8, 4) is 0 Å². The molecule has 1 aromatic heterocycles. The smallest absolute Gasteiger partial charge is 0.375 e. The molecule has 1 atom stereocenters. The Morgan fingerprint density at radius 2 is 2.07 bits per heavy atom. The van der Waals surface area contributed by atoms with E-state index in [0.717, 1.165) is 6.07 Å². The normalized spacial score (nSPS) is 16.1. The molecule has 0 aliphatic carbocycles. The highest BCUT2D eigenvalue weighted by Crippen LogP contribution is 2.37. The molecule has 1 aromatic rings. The number of aromatic nitrogens is 1. The maximum atomic E-state index is 12.6. The van der Waals surface area contributed by atoms with Gasteiger partial charge in [0.05, 0.1) is 0 Å². The summed E-state index contributed by atoms with van der Waals surface area (Å²) in [6.07, 6.45) is -3.59. The van der Waals surface area contributed by atoms with E-state index in [-0.39, 0.29) is 5.56 Å². The zero-order chi connectivity index (χ0) is 11.7. The molecule has 15 heavy (non-hydrogen) atoms. The van der Waals surface area contributed by atoms with Crippen LogP contribution in [0, 0.1) is 6.92 Å². The fourth-order valence-corrected chi connectivity index (χ4v) is 1.20. The summed E-state index contributed by atoms with van der Waals surface area (Å²) in [6, 6.07) is 2.27. The first-order valence-corrected chi connectivity index (χ1v) is 4.23. The molecule has 1 heterocycles. The molecule has 6 heteroatoms. The van der Waals surface area contributed by atoms with Crippen molar-refractivity contribution < 1.29 is 18.3 Å². The molecule has 0 amide bonds. The van der Waals surface area contributed by atoms with E-state index in [4.69, 9.17) is 5.73 Å². The number of hydrogen-bond donors (Lipinski definition) is 2. The summed E-state index contributed by atoms with van der Waals surface area (Å²) in [4.78, 5) is 3.75. The summed E-state index contributed by atoms with van der Waals surface area (Å²) in [6.45, 7) is 0.622. The highest BCUT2D eigenvalue weighted by atomic mass is 19.4. The highest BCUT2D eigenvalue weighted by Gasteiger charge is 2.54. The lowest BCUT2D eigenvalue weighted by atomic mass is 9.93. The number of pyridine rings is 1. The van der Waals surface area contributed by atoms with Gasteiger partial charge in [0.1, 0.15) is 0 Å². The van der Waals surface area contributed by atoms with Crippen molar-refractivity contribution >= 4 is 0 Å². The Bertz CT molecular complexity index is 353. The summed E-state index contributed by atoms with van der Waals surface area (Å²) in [5, 5.41) is 9.47. The molecule has 1 unspecified atom stereocenters. The van der Waals surface area contributed by atoms with E-state index in [9.17, 15) is 18.3 Å². The molecule has 0 aromatic carbocycles. The second kappa shape index (κ2) is 3.79. The minimum Gasteiger partial charge on any atom is -0.375 e. The minimum atomic E-state index is -4.80. The van der Waals surface area contributed by atoms with Crippen LogP contribution in [-0.4, -0.2) is 22.8 Å². The fraction of sp³-hybridized carbons (Fsp3) is 0.444. The number of nitrogens with zero attached hydrogens (tertiary/aromatic N) is 1. The molecule has 0 fully saturated rings. The van der Waals surface area contributed by atoms with Gasteiger partial charge in [0.15, 0.2) is 5.60 Å². The number of hydrogen-bond acceptors (Lipinski definition) is 3. The van der Waals surface area contributed by atoms with Crippen LogP contribution in [-0.2, 0) is 5.60 Å². The molecule has 0 saturated heterocycles. The summed E-state index contributed by atoms with van der Waals surface area (Å²) in [5.41, 5.74) is 2.09. The van der Waals surface area contributed by atoms with Crippen molar-refractivity contribution in [2.45, 2.75) is 18.7 Å². The zero-order valence-corrected chi connectivity index (χ0v) is 8.04. The molecule has 0 bridgehead atoms. The lowest BCUT2D eigenvalue weighted by molar-refractivity contribution is -0.262. The van der Waals surface area contributed by atoms with E-state index in [1.165, 1.54) is 19.2 Å². The van der Waals surface area contributed by atoms with Gasteiger partial charge in [0.2, 0.25) is 0 Å². The minimum absolute atomic E-state index is 0.287. The first kappa shape index (κ1) is 11.9. The third-order valence-corrected chi connectivity index (χ3v) is 2.14. The first-order valence-electron chi connectivity index (χ1n) is 4.23. The van der Waals surface area contributed by atoms with Gasteiger partial charge < -0.3 is 10.8 Å². The second-order valence-electron chi connectivity index (χ2n) is 3.25.